The molecule has 0 radical (unpaired) electrons. The number of hydrogen-bond donors (Lipinski definition) is 2. The molecule has 1 aromatic heterocycles. The van der Waals surface area contributed by atoms with Crippen molar-refractivity contribution in [2.45, 2.75) is 19.2 Å². The lowest BCUT2D eigenvalue weighted by atomic mass is 10.2. The summed E-state index contributed by atoms with van der Waals surface area (Å²) >= 11 is 7.16. The summed E-state index contributed by atoms with van der Waals surface area (Å²) in [6.45, 7) is 1.79. The van der Waals surface area contributed by atoms with Crippen molar-refractivity contribution in [2.24, 2.45) is 0 Å². The fourth-order valence-corrected chi connectivity index (χ4v) is 4.34. The van der Waals surface area contributed by atoms with Crippen molar-refractivity contribution in [3.8, 4) is 5.75 Å². The number of nitrogens with one attached hydrogen (secondary N) is 1. The maximum atomic E-state index is 10.7. The second-order valence-electron chi connectivity index (χ2n) is 6.72. The molecule has 144 valence electrons. The first-order chi connectivity index (χ1) is 13.5. The first-order valence-corrected chi connectivity index (χ1v) is 10.5. The maximum absolute atomic E-state index is 10.7. The van der Waals surface area contributed by atoms with Gasteiger partial charge in [0, 0.05) is 19.7 Å². The molecule has 2 unspecified atom stereocenters. The van der Waals surface area contributed by atoms with Crippen LogP contribution in [0.25, 0.3) is 21.8 Å². The number of halogens is 2. The van der Waals surface area contributed by atoms with Gasteiger partial charge in [0.2, 0.25) is 0 Å². The van der Waals surface area contributed by atoms with Gasteiger partial charge >= 0.3 is 0 Å². The quantitative estimate of drug-likeness (QED) is 0.335. The molecule has 0 aliphatic carbocycles. The van der Waals surface area contributed by atoms with Crippen LogP contribution in [0, 0.1) is 0 Å². The van der Waals surface area contributed by atoms with E-state index in [0.717, 1.165) is 42.2 Å². The number of fused-ring (bicyclic) bond motifs is 3. The minimum absolute atomic E-state index is 0.376. The number of aliphatic hydroxyl groups excluding tert-OH is 1. The van der Waals surface area contributed by atoms with Crippen LogP contribution in [0.15, 0.2) is 69.6 Å². The smallest absolute Gasteiger partial charge is 0.142 e. The van der Waals surface area contributed by atoms with Gasteiger partial charge in [0.15, 0.2) is 0 Å². The minimum atomic E-state index is -0.643. The summed E-state index contributed by atoms with van der Waals surface area (Å²) in [5, 5.41) is 16.4. The van der Waals surface area contributed by atoms with Gasteiger partial charge in [0.05, 0.1) is 29.9 Å². The van der Waals surface area contributed by atoms with Crippen LogP contribution in [0.2, 0.25) is 0 Å². The van der Waals surface area contributed by atoms with E-state index in [2.05, 4.69) is 66.0 Å². The van der Waals surface area contributed by atoms with E-state index < -0.39 is 6.10 Å². The highest BCUT2D eigenvalue weighted by Crippen LogP contribution is 2.37. The maximum Gasteiger partial charge on any atom is 0.142 e. The molecule has 3 aromatic carbocycles. The number of methoxy groups -OCH3 is 1. The van der Waals surface area contributed by atoms with Gasteiger partial charge in [-0.15, -0.1) is 0 Å². The standard InChI is InChI=1S/C22H20Br2N2O2/c1-13(27)22(25-18-5-3-4-6-21(18)28-2)26-19-9-7-14(23)11-16(19)17-12-15(24)8-10-20(17)26/h3-13,22,25,27H,1-2H3. The van der Waals surface area contributed by atoms with Gasteiger partial charge < -0.3 is 19.7 Å². The second kappa shape index (κ2) is 7.78. The van der Waals surface area contributed by atoms with Crippen LogP contribution < -0.4 is 10.1 Å². The van der Waals surface area contributed by atoms with E-state index in [1.54, 1.807) is 14.0 Å². The second-order valence-corrected chi connectivity index (χ2v) is 8.55. The Balaban J connectivity index is 1.96. The molecule has 2 atom stereocenters. The summed E-state index contributed by atoms with van der Waals surface area (Å²) in [4.78, 5) is 0. The van der Waals surface area contributed by atoms with E-state index in [1.807, 2.05) is 36.4 Å². The zero-order chi connectivity index (χ0) is 19.8. The monoisotopic (exact) mass is 502 g/mol. The Morgan fingerprint density at radius 2 is 1.50 bits per heavy atom. The third kappa shape index (κ3) is 3.41. The summed E-state index contributed by atoms with van der Waals surface area (Å²) in [5.74, 6) is 0.736. The molecule has 2 N–H and O–H groups in total. The van der Waals surface area contributed by atoms with Gasteiger partial charge in [-0.3, -0.25) is 0 Å². The lowest BCUT2D eigenvalue weighted by molar-refractivity contribution is 0.147. The number of hydrogen-bond acceptors (Lipinski definition) is 3. The van der Waals surface area contributed by atoms with E-state index in [1.165, 1.54) is 0 Å². The summed E-state index contributed by atoms with van der Waals surface area (Å²) < 4.78 is 9.67. The first kappa shape index (κ1) is 19.3. The molecular weight excluding hydrogens is 484 g/mol. The fraction of sp³-hybridized carbons (Fsp3) is 0.182. The third-order valence-corrected chi connectivity index (χ3v) is 5.86. The molecule has 4 rings (SSSR count). The van der Waals surface area contributed by atoms with Gasteiger partial charge in [-0.1, -0.05) is 44.0 Å². The van der Waals surface area contributed by atoms with Crippen molar-refractivity contribution < 1.29 is 9.84 Å². The average molecular weight is 504 g/mol. The van der Waals surface area contributed by atoms with Gasteiger partial charge in [-0.05, 0) is 55.5 Å². The number of nitrogens with zero attached hydrogens (tertiary/aromatic N) is 1. The molecule has 1 heterocycles. The number of para-hydroxylation sites is 2. The Hall–Kier alpha value is -2.02. The number of ether oxygens (including phenoxy) is 1. The Kier molecular flexibility index (Phi) is 5.36. The molecule has 28 heavy (non-hydrogen) atoms. The van der Waals surface area contributed by atoms with Crippen LogP contribution in [0.4, 0.5) is 5.69 Å². The molecular formula is C22H20Br2N2O2. The number of aliphatic hydroxyl groups is 1. The van der Waals surface area contributed by atoms with E-state index in [-0.39, 0.29) is 6.17 Å². The number of anilines is 1. The van der Waals surface area contributed by atoms with Crippen LogP contribution in [0.1, 0.15) is 13.1 Å². The third-order valence-electron chi connectivity index (χ3n) is 4.87. The molecule has 0 amide bonds. The zero-order valence-corrected chi connectivity index (χ0v) is 18.7. The van der Waals surface area contributed by atoms with Crippen molar-refractivity contribution >= 4 is 59.4 Å². The molecule has 4 aromatic rings. The highest BCUT2D eigenvalue weighted by Gasteiger charge is 2.23. The zero-order valence-electron chi connectivity index (χ0n) is 15.5. The predicted octanol–water partition coefficient (Wildman–Crippen LogP) is 6.32. The van der Waals surface area contributed by atoms with Gasteiger partial charge in [-0.2, -0.15) is 0 Å². The van der Waals surface area contributed by atoms with Crippen LogP contribution >= 0.6 is 31.9 Å². The van der Waals surface area contributed by atoms with Crippen LogP contribution in [0.5, 0.6) is 5.75 Å². The Bertz CT molecular complexity index is 1090. The molecule has 6 heteroatoms. The number of benzene rings is 3. The summed E-state index contributed by atoms with van der Waals surface area (Å²) in [7, 11) is 1.65. The Labute approximate surface area is 180 Å². The summed E-state index contributed by atoms with van der Waals surface area (Å²) in [6.07, 6.45) is -1.02. The molecule has 0 saturated heterocycles. The summed E-state index contributed by atoms with van der Waals surface area (Å²) in [6, 6.07) is 20.2. The lowest BCUT2D eigenvalue weighted by Crippen LogP contribution is -2.28. The molecule has 0 spiro atoms. The Morgan fingerprint density at radius 1 is 0.929 bits per heavy atom. The van der Waals surface area contributed by atoms with Crippen molar-refractivity contribution in [3.63, 3.8) is 0 Å². The topological polar surface area (TPSA) is 46.4 Å². The largest absolute Gasteiger partial charge is 0.495 e. The van der Waals surface area contributed by atoms with E-state index in [9.17, 15) is 5.11 Å². The van der Waals surface area contributed by atoms with Gasteiger partial charge in [-0.25, -0.2) is 0 Å². The van der Waals surface area contributed by atoms with E-state index in [0.29, 0.717) is 0 Å². The van der Waals surface area contributed by atoms with Crippen LogP contribution in [0.3, 0.4) is 0 Å². The molecule has 0 saturated carbocycles. The van der Waals surface area contributed by atoms with Gasteiger partial charge in [0.1, 0.15) is 11.9 Å². The van der Waals surface area contributed by atoms with E-state index in [4.69, 9.17) is 4.74 Å². The first-order valence-electron chi connectivity index (χ1n) is 8.96. The fourth-order valence-electron chi connectivity index (χ4n) is 3.62. The van der Waals surface area contributed by atoms with Crippen LogP contribution in [-0.2, 0) is 0 Å². The highest BCUT2D eigenvalue weighted by atomic mass is 79.9. The minimum Gasteiger partial charge on any atom is -0.495 e. The van der Waals surface area contributed by atoms with E-state index >= 15 is 0 Å². The molecule has 0 bridgehead atoms. The van der Waals surface area contributed by atoms with Gasteiger partial charge in [0.25, 0.3) is 0 Å². The lowest BCUT2D eigenvalue weighted by Gasteiger charge is -2.27. The Morgan fingerprint density at radius 3 is 2.04 bits per heavy atom. The molecule has 0 aliphatic heterocycles. The SMILES string of the molecule is COc1ccccc1NC(C(C)O)n1c2ccc(Br)cc2c2cc(Br)ccc21. The molecule has 0 aliphatic rings. The predicted molar refractivity (Wildman–Crippen MR) is 122 cm³/mol. The normalized spacial score (nSPS) is 13.6. The average Bonchev–Trinajstić information content (AvgIpc) is 2.98. The molecule has 0 fully saturated rings. The van der Waals surface area contributed by atoms with Crippen molar-refractivity contribution in [3.05, 3.63) is 69.6 Å². The van der Waals surface area contributed by atoms with Crippen LogP contribution in [-0.4, -0.2) is 22.9 Å². The van der Waals surface area contributed by atoms with Crippen molar-refractivity contribution in [2.75, 3.05) is 12.4 Å². The number of aromatic nitrogens is 1. The van der Waals surface area contributed by atoms with Crippen molar-refractivity contribution in [1.82, 2.24) is 4.57 Å². The summed E-state index contributed by atoms with van der Waals surface area (Å²) in [5.41, 5.74) is 2.93. The van der Waals surface area contributed by atoms with Crippen molar-refractivity contribution in [1.29, 1.82) is 0 Å². The number of rotatable bonds is 5. The highest BCUT2D eigenvalue weighted by molar-refractivity contribution is 9.10. The molecule has 4 nitrogen and oxygen atoms in total.